The maximum absolute atomic E-state index is 13.3. The highest BCUT2D eigenvalue weighted by Gasteiger charge is 2.08. The van der Waals surface area contributed by atoms with Gasteiger partial charge < -0.3 is 0 Å². The Kier molecular flexibility index (Phi) is 2.19. The highest BCUT2D eigenvalue weighted by atomic mass is 19.1. The van der Waals surface area contributed by atoms with E-state index in [4.69, 9.17) is 0 Å². The van der Waals surface area contributed by atoms with E-state index < -0.39 is 11.6 Å². The minimum atomic E-state index is -0.753. The molecule has 0 atom stereocenters. The lowest BCUT2D eigenvalue weighted by molar-refractivity contribution is 0.111. The summed E-state index contributed by atoms with van der Waals surface area (Å²) in [4.78, 5) is 14.3. The summed E-state index contributed by atoms with van der Waals surface area (Å²) < 4.78 is 26.2. The van der Waals surface area contributed by atoms with Gasteiger partial charge in [-0.15, -0.1) is 0 Å². The molecule has 0 saturated carbocycles. The third-order valence-corrected chi connectivity index (χ3v) is 2.18. The molecule has 1 aromatic carbocycles. The first kappa shape index (κ1) is 9.71. The average Bonchev–Trinajstić information content (AvgIpc) is 2.19. The zero-order chi connectivity index (χ0) is 11.0. The molecule has 15 heavy (non-hydrogen) atoms. The van der Waals surface area contributed by atoms with Crippen LogP contribution >= 0.6 is 0 Å². The summed E-state index contributed by atoms with van der Waals surface area (Å²) in [6.07, 6.45) is 0.537. The highest BCUT2D eigenvalue weighted by Crippen LogP contribution is 2.21. The zero-order valence-electron chi connectivity index (χ0n) is 7.92. The molecule has 2 nitrogen and oxygen atoms in total. The molecule has 0 aliphatic rings. The van der Waals surface area contributed by atoms with Crippen LogP contribution in [0.15, 0.2) is 18.2 Å². The van der Waals surface area contributed by atoms with E-state index in [1.165, 1.54) is 12.1 Å². The van der Waals surface area contributed by atoms with Gasteiger partial charge in [-0.1, -0.05) is 0 Å². The number of rotatable bonds is 1. The van der Waals surface area contributed by atoms with Crippen LogP contribution in [0.4, 0.5) is 8.78 Å². The van der Waals surface area contributed by atoms with Crippen molar-refractivity contribution in [3.63, 3.8) is 0 Å². The summed E-state index contributed by atoms with van der Waals surface area (Å²) in [5.41, 5.74) is 0.796. The molecule has 4 heteroatoms. The summed E-state index contributed by atoms with van der Waals surface area (Å²) in [6, 6.07) is 3.45. The maximum Gasteiger partial charge on any atom is 0.168 e. The Labute approximate surface area is 84.6 Å². The number of halogens is 2. The van der Waals surface area contributed by atoms with Crippen molar-refractivity contribution < 1.29 is 13.6 Å². The Hall–Kier alpha value is -1.84. The molecule has 0 bridgehead atoms. The summed E-state index contributed by atoms with van der Waals surface area (Å²) in [5, 5.41) is 0.387. The first-order chi connectivity index (χ1) is 7.11. The fourth-order valence-electron chi connectivity index (χ4n) is 1.50. The van der Waals surface area contributed by atoms with Gasteiger partial charge in [-0.25, -0.2) is 13.8 Å². The molecular weight excluding hydrogens is 200 g/mol. The zero-order valence-corrected chi connectivity index (χ0v) is 7.92. The topological polar surface area (TPSA) is 30.0 Å². The molecule has 2 rings (SSSR count). The van der Waals surface area contributed by atoms with Gasteiger partial charge in [0.2, 0.25) is 0 Å². The second-order valence-corrected chi connectivity index (χ2v) is 3.27. The number of aldehydes is 1. The summed E-state index contributed by atoms with van der Waals surface area (Å²) >= 11 is 0. The van der Waals surface area contributed by atoms with Crippen molar-refractivity contribution in [2.75, 3.05) is 0 Å². The van der Waals surface area contributed by atoms with Gasteiger partial charge in [-0.3, -0.25) is 4.79 Å². The van der Waals surface area contributed by atoms with Crippen molar-refractivity contribution in [3.05, 3.63) is 41.1 Å². The minimum absolute atomic E-state index is 0.0264. The van der Waals surface area contributed by atoms with E-state index in [1.54, 1.807) is 6.92 Å². The van der Waals surface area contributed by atoms with Gasteiger partial charge in [0.25, 0.3) is 0 Å². The lowest BCUT2D eigenvalue weighted by atomic mass is 10.1. The predicted octanol–water partition coefficient (Wildman–Crippen LogP) is 2.63. The smallest absolute Gasteiger partial charge is 0.168 e. The molecule has 0 fully saturated rings. The first-order valence-electron chi connectivity index (χ1n) is 4.33. The predicted molar refractivity (Wildman–Crippen MR) is 51.8 cm³/mol. The summed E-state index contributed by atoms with van der Waals surface area (Å²) in [7, 11) is 0. The van der Waals surface area contributed by atoms with E-state index >= 15 is 0 Å². The SMILES string of the molecule is Cc1cc(C=O)nc2c(F)cc(F)cc12. The molecule has 0 N–H and O–H groups in total. The number of hydrogen-bond acceptors (Lipinski definition) is 2. The highest BCUT2D eigenvalue weighted by molar-refractivity contribution is 5.86. The van der Waals surface area contributed by atoms with Crippen molar-refractivity contribution in [1.29, 1.82) is 0 Å². The molecule has 0 aliphatic heterocycles. The summed E-state index contributed by atoms with van der Waals surface area (Å²) in [6.45, 7) is 1.68. The standard InChI is InChI=1S/C11H7F2NO/c1-6-2-8(5-15)14-11-9(6)3-7(12)4-10(11)13/h2-5H,1H3. The van der Waals surface area contributed by atoms with Crippen molar-refractivity contribution in [2.24, 2.45) is 0 Å². The van der Waals surface area contributed by atoms with E-state index in [1.807, 2.05) is 0 Å². The number of fused-ring (bicyclic) bond motifs is 1. The molecule has 0 saturated heterocycles. The van der Waals surface area contributed by atoms with Crippen molar-refractivity contribution in [2.45, 2.75) is 6.92 Å². The molecule has 0 radical (unpaired) electrons. The second-order valence-electron chi connectivity index (χ2n) is 3.27. The number of pyridine rings is 1. The Morgan fingerprint density at radius 3 is 2.67 bits per heavy atom. The van der Waals surface area contributed by atoms with Gasteiger partial charge in [-0.05, 0) is 24.6 Å². The third-order valence-electron chi connectivity index (χ3n) is 2.18. The van der Waals surface area contributed by atoms with Crippen LogP contribution in [-0.2, 0) is 0 Å². The second kappa shape index (κ2) is 3.38. The van der Waals surface area contributed by atoms with Gasteiger partial charge in [-0.2, -0.15) is 0 Å². The normalized spacial score (nSPS) is 10.6. The van der Waals surface area contributed by atoms with Crippen LogP contribution < -0.4 is 0 Å². The van der Waals surface area contributed by atoms with E-state index in [9.17, 15) is 13.6 Å². The number of nitrogens with zero attached hydrogens (tertiary/aromatic N) is 1. The largest absolute Gasteiger partial charge is 0.296 e. The van der Waals surface area contributed by atoms with Crippen LogP contribution in [0.25, 0.3) is 10.9 Å². The summed E-state index contributed by atoms with van der Waals surface area (Å²) in [5.74, 6) is -1.40. The number of carbonyl (C=O) groups excluding carboxylic acids is 1. The lowest BCUT2D eigenvalue weighted by Gasteiger charge is -2.03. The molecule has 76 valence electrons. The van der Waals surface area contributed by atoms with Crippen LogP contribution in [0, 0.1) is 18.6 Å². The molecule has 1 aromatic heterocycles. The Bertz CT molecular complexity index is 552. The van der Waals surface area contributed by atoms with Crippen LogP contribution in [0.1, 0.15) is 16.1 Å². The number of carbonyl (C=O) groups is 1. The first-order valence-corrected chi connectivity index (χ1v) is 4.33. The molecule has 0 spiro atoms. The fraction of sp³-hybridized carbons (Fsp3) is 0.0909. The molecule has 2 aromatic rings. The van der Waals surface area contributed by atoms with Gasteiger partial charge in [0.1, 0.15) is 17.0 Å². The van der Waals surface area contributed by atoms with Crippen LogP contribution in [0.2, 0.25) is 0 Å². The molecule has 0 aliphatic carbocycles. The van der Waals surface area contributed by atoms with Gasteiger partial charge in [0, 0.05) is 11.5 Å². The number of aryl methyl sites for hydroxylation is 1. The monoisotopic (exact) mass is 207 g/mol. The molecule has 0 amide bonds. The number of hydrogen-bond donors (Lipinski definition) is 0. The lowest BCUT2D eigenvalue weighted by Crippen LogP contribution is -1.94. The minimum Gasteiger partial charge on any atom is -0.296 e. The molecular formula is C11H7F2NO. The van der Waals surface area contributed by atoms with Crippen LogP contribution in [0.5, 0.6) is 0 Å². The number of benzene rings is 1. The molecule has 0 unspecified atom stereocenters. The maximum atomic E-state index is 13.3. The Morgan fingerprint density at radius 2 is 2.00 bits per heavy atom. The van der Waals surface area contributed by atoms with E-state index in [2.05, 4.69) is 4.98 Å². The fourth-order valence-corrected chi connectivity index (χ4v) is 1.50. The number of aromatic nitrogens is 1. The van der Waals surface area contributed by atoms with Gasteiger partial charge in [0.05, 0.1) is 0 Å². The van der Waals surface area contributed by atoms with Crippen LogP contribution in [0.3, 0.4) is 0 Å². The third kappa shape index (κ3) is 1.58. The van der Waals surface area contributed by atoms with Crippen molar-refractivity contribution >= 4 is 17.2 Å². The van der Waals surface area contributed by atoms with Crippen LogP contribution in [-0.4, -0.2) is 11.3 Å². The quantitative estimate of drug-likeness (QED) is 0.673. The van der Waals surface area contributed by atoms with Crippen molar-refractivity contribution in [3.8, 4) is 0 Å². The van der Waals surface area contributed by atoms with E-state index in [0.717, 1.165) is 6.07 Å². The van der Waals surface area contributed by atoms with Gasteiger partial charge in [0.15, 0.2) is 12.1 Å². The van der Waals surface area contributed by atoms with E-state index in [-0.39, 0.29) is 11.2 Å². The molecule has 1 heterocycles. The average molecular weight is 207 g/mol. The van der Waals surface area contributed by atoms with Gasteiger partial charge >= 0.3 is 0 Å². The Morgan fingerprint density at radius 1 is 1.27 bits per heavy atom. The Balaban J connectivity index is 2.91. The van der Waals surface area contributed by atoms with Crippen molar-refractivity contribution in [1.82, 2.24) is 4.98 Å². The van der Waals surface area contributed by atoms with E-state index in [0.29, 0.717) is 17.2 Å².